The minimum absolute atomic E-state index is 0.0232. The number of anilines is 2. The van der Waals surface area contributed by atoms with E-state index in [4.69, 9.17) is 18.6 Å². The van der Waals surface area contributed by atoms with Crippen molar-refractivity contribution < 1.29 is 28.2 Å². The highest BCUT2D eigenvalue weighted by atomic mass is 16.5. The number of furan rings is 1. The van der Waals surface area contributed by atoms with E-state index in [0.29, 0.717) is 33.9 Å². The Bertz CT molecular complexity index is 1410. The fourth-order valence-corrected chi connectivity index (χ4v) is 3.55. The van der Waals surface area contributed by atoms with Crippen LogP contribution in [0, 0.1) is 0 Å². The summed E-state index contributed by atoms with van der Waals surface area (Å²) < 4.78 is 21.6. The molecule has 8 nitrogen and oxygen atoms in total. The number of nitrogens with one attached hydrogen (secondary N) is 2. The molecule has 1 heterocycles. The second-order valence-electron chi connectivity index (χ2n) is 7.39. The Morgan fingerprint density at radius 1 is 0.800 bits per heavy atom. The van der Waals surface area contributed by atoms with Gasteiger partial charge in [-0.25, -0.2) is 0 Å². The zero-order valence-corrected chi connectivity index (χ0v) is 19.5. The van der Waals surface area contributed by atoms with Crippen LogP contribution in [0.2, 0.25) is 0 Å². The van der Waals surface area contributed by atoms with Crippen molar-refractivity contribution in [3.63, 3.8) is 0 Å². The molecule has 0 saturated carbocycles. The molecule has 0 spiro atoms. The van der Waals surface area contributed by atoms with Gasteiger partial charge in [0.2, 0.25) is 11.7 Å². The maximum atomic E-state index is 13.1. The van der Waals surface area contributed by atoms with Crippen LogP contribution in [0.4, 0.5) is 11.4 Å². The van der Waals surface area contributed by atoms with Crippen molar-refractivity contribution >= 4 is 40.2 Å². The fraction of sp³-hybridized carbons (Fsp3) is 0.111. The van der Waals surface area contributed by atoms with Gasteiger partial charge in [-0.3, -0.25) is 9.59 Å². The fourth-order valence-electron chi connectivity index (χ4n) is 3.55. The van der Waals surface area contributed by atoms with Crippen LogP contribution in [-0.2, 0) is 4.79 Å². The van der Waals surface area contributed by atoms with Crippen molar-refractivity contribution in [1.29, 1.82) is 0 Å². The molecule has 3 aromatic carbocycles. The SMILES string of the molecule is COc1ccccc1NC(=O)c1oc2ccccc2c1NC(=O)/C=C/c1ccc(OC)c(OC)c1. The van der Waals surface area contributed by atoms with E-state index in [2.05, 4.69) is 10.6 Å². The molecule has 0 bridgehead atoms. The molecular weight excluding hydrogens is 448 g/mol. The van der Waals surface area contributed by atoms with E-state index in [-0.39, 0.29) is 11.4 Å². The first kappa shape index (κ1) is 23.4. The summed E-state index contributed by atoms with van der Waals surface area (Å²) in [4.78, 5) is 25.9. The van der Waals surface area contributed by atoms with Gasteiger partial charge in [-0.05, 0) is 48.0 Å². The number of hydrogen-bond acceptors (Lipinski definition) is 6. The van der Waals surface area contributed by atoms with Crippen LogP contribution in [0.15, 0.2) is 77.2 Å². The van der Waals surface area contributed by atoms with Gasteiger partial charge >= 0.3 is 0 Å². The van der Waals surface area contributed by atoms with Gasteiger partial charge in [-0.1, -0.05) is 30.3 Å². The van der Waals surface area contributed by atoms with Gasteiger partial charge in [0.05, 0.1) is 27.0 Å². The van der Waals surface area contributed by atoms with E-state index in [1.807, 2.05) is 0 Å². The van der Waals surface area contributed by atoms with E-state index < -0.39 is 11.8 Å². The Labute approximate surface area is 202 Å². The first-order chi connectivity index (χ1) is 17.0. The molecule has 0 aliphatic rings. The molecule has 0 radical (unpaired) electrons. The van der Waals surface area contributed by atoms with E-state index >= 15 is 0 Å². The monoisotopic (exact) mass is 472 g/mol. The molecule has 1 aromatic heterocycles. The summed E-state index contributed by atoms with van der Waals surface area (Å²) in [5.74, 6) is 0.656. The molecule has 4 aromatic rings. The van der Waals surface area contributed by atoms with Crippen molar-refractivity contribution in [3.05, 3.63) is 84.1 Å². The number of carbonyl (C=O) groups excluding carboxylic acids is 2. The van der Waals surface area contributed by atoms with Crippen molar-refractivity contribution in [1.82, 2.24) is 0 Å². The maximum absolute atomic E-state index is 13.1. The van der Waals surface area contributed by atoms with Crippen molar-refractivity contribution in [3.8, 4) is 17.2 Å². The zero-order chi connectivity index (χ0) is 24.8. The third-order valence-corrected chi connectivity index (χ3v) is 5.24. The molecule has 0 aliphatic heterocycles. The number of benzene rings is 3. The maximum Gasteiger partial charge on any atom is 0.293 e. The number of carbonyl (C=O) groups is 2. The summed E-state index contributed by atoms with van der Waals surface area (Å²) in [5.41, 5.74) is 1.96. The van der Waals surface area contributed by atoms with E-state index in [1.165, 1.54) is 13.2 Å². The summed E-state index contributed by atoms with van der Waals surface area (Å²) >= 11 is 0. The third-order valence-electron chi connectivity index (χ3n) is 5.24. The second kappa shape index (κ2) is 10.5. The normalized spacial score (nSPS) is 10.8. The molecule has 178 valence electrons. The van der Waals surface area contributed by atoms with Gasteiger partial charge < -0.3 is 29.3 Å². The van der Waals surface area contributed by atoms with Crippen LogP contribution >= 0.6 is 0 Å². The van der Waals surface area contributed by atoms with Crippen molar-refractivity contribution in [2.75, 3.05) is 32.0 Å². The predicted octanol–water partition coefficient (Wildman–Crippen LogP) is 5.36. The van der Waals surface area contributed by atoms with Crippen LogP contribution in [0.5, 0.6) is 17.2 Å². The number of ether oxygens (including phenoxy) is 3. The van der Waals surface area contributed by atoms with Gasteiger partial charge in [0.25, 0.3) is 5.91 Å². The summed E-state index contributed by atoms with van der Waals surface area (Å²) in [5, 5.41) is 6.17. The van der Waals surface area contributed by atoms with Crippen LogP contribution in [-0.4, -0.2) is 33.1 Å². The van der Waals surface area contributed by atoms with Crippen LogP contribution in [0.3, 0.4) is 0 Å². The Hall–Kier alpha value is -4.72. The molecule has 35 heavy (non-hydrogen) atoms. The van der Waals surface area contributed by atoms with Gasteiger partial charge in [-0.2, -0.15) is 0 Å². The molecule has 0 atom stereocenters. The number of methoxy groups -OCH3 is 3. The lowest BCUT2D eigenvalue weighted by molar-refractivity contribution is -0.111. The second-order valence-corrected chi connectivity index (χ2v) is 7.39. The molecule has 2 amide bonds. The zero-order valence-electron chi connectivity index (χ0n) is 19.5. The van der Waals surface area contributed by atoms with E-state index in [0.717, 1.165) is 5.56 Å². The third kappa shape index (κ3) is 5.11. The number of hydrogen-bond donors (Lipinski definition) is 2. The molecular formula is C27H24N2O6. The molecule has 2 N–H and O–H groups in total. The van der Waals surface area contributed by atoms with Crippen LogP contribution in [0.25, 0.3) is 17.0 Å². The topological polar surface area (TPSA) is 99.0 Å². The highest BCUT2D eigenvalue weighted by molar-refractivity contribution is 6.16. The Balaban J connectivity index is 1.60. The lowest BCUT2D eigenvalue weighted by Crippen LogP contribution is -2.16. The highest BCUT2D eigenvalue weighted by Gasteiger charge is 2.22. The minimum atomic E-state index is -0.523. The smallest absolute Gasteiger partial charge is 0.293 e. The molecule has 0 saturated heterocycles. The highest BCUT2D eigenvalue weighted by Crippen LogP contribution is 2.33. The largest absolute Gasteiger partial charge is 0.495 e. The van der Waals surface area contributed by atoms with E-state index in [9.17, 15) is 9.59 Å². The molecule has 0 aliphatic carbocycles. The molecule has 4 rings (SSSR count). The summed E-state index contributed by atoms with van der Waals surface area (Å²) in [7, 11) is 4.61. The predicted molar refractivity (Wildman–Crippen MR) is 134 cm³/mol. The first-order valence-corrected chi connectivity index (χ1v) is 10.7. The van der Waals surface area contributed by atoms with Gasteiger partial charge in [0.1, 0.15) is 17.0 Å². The van der Waals surface area contributed by atoms with Crippen molar-refractivity contribution in [2.24, 2.45) is 0 Å². The number of para-hydroxylation sites is 3. The van der Waals surface area contributed by atoms with Gasteiger partial charge in [0.15, 0.2) is 11.5 Å². The Kier molecular flexibility index (Phi) is 7.02. The van der Waals surface area contributed by atoms with Crippen LogP contribution in [0.1, 0.15) is 16.1 Å². The first-order valence-electron chi connectivity index (χ1n) is 10.7. The Morgan fingerprint density at radius 3 is 2.29 bits per heavy atom. The molecule has 0 unspecified atom stereocenters. The van der Waals surface area contributed by atoms with Gasteiger partial charge in [0, 0.05) is 11.5 Å². The number of rotatable bonds is 8. The molecule has 0 fully saturated rings. The summed E-state index contributed by atoms with van der Waals surface area (Å²) in [6, 6.07) is 19.4. The lowest BCUT2D eigenvalue weighted by Gasteiger charge is -2.10. The summed E-state index contributed by atoms with van der Waals surface area (Å²) in [6.07, 6.45) is 3.00. The van der Waals surface area contributed by atoms with Crippen molar-refractivity contribution in [2.45, 2.75) is 0 Å². The van der Waals surface area contributed by atoms with Gasteiger partial charge in [-0.15, -0.1) is 0 Å². The average molecular weight is 472 g/mol. The standard InChI is InChI=1S/C27H24N2O6/c1-32-21-11-7-5-9-19(21)28-27(31)26-25(18-8-4-6-10-20(18)35-26)29-24(30)15-13-17-12-14-22(33-2)23(16-17)34-3/h4-16H,1-3H3,(H,28,31)(H,29,30)/b15-13+. The number of fused-ring (bicyclic) bond motifs is 1. The quantitative estimate of drug-likeness (QED) is 0.335. The lowest BCUT2D eigenvalue weighted by atomic mass is 10.1. The Morgan fingerprint density at radius 2 is 1.51 bits per heavy atom. The van der Waals surface area contributed by atoms with E-state index in [1.54, 1.807) is 87.0 Å². The average Bonchev–Trinajstić information content (AvgIpc) is 3.26. The van der Waals surface area contributed by atoms with Crippen LogP contribution < -0.4 is 24.8 Å². The summed E-state index contributed by atoms with van der Waals surface area (Å²) in [6.45, 7) is 0. The minimum Gasteiger partial charge on any atom is -0.495 e. The molecule has 8 heteroatoms. The number of amides is 2.